The van der Waals surface area contributed by atoms with Crippen molar-refractivity contribution >= 4 is 0 Å². The molecule has 0 saturated carbocycles. The van der Waals surface area contributed by atoms with Gasteiger partial charge in [0.1, 0.15) is 0 Å². The van der Waals surface area contributed by atoms with Gasteiger partial charge in [-0.2, -0.15) is 0 Å². The van der Waals surface area contributed by atoms with Crippen molar-refractivity contribution in [2.45, 2.75) is 91.0 Å². The Morgan fingerprint density at radius 3 is 2.22 bits per heavy atom. The van der Waals surface area contributed by atoms with E-state index in [0.29, 0.717) is 6.04 Å². The van der Waals surface area contributed by atoms with Crippen LogP contribution in [0.15, 0.2) is 12.2 Å². The molecule has 0 aliphatic carbocycles. The quantitative estimate of drug-likeness (QED) is 0.339. The predicted molar refractivity (Wildman–Crippen MR) is 84.1 cm³/mol. The van der Waals surface area contributed by atoms with Gasteiger partial charge in [-0.05, 0) is 32.2 Å². The molecule has 0 fully saturated rings. The van der Waals surface area contributed by atoms with E-state index in [0.717, 1.165) is 13.0 Å². The first-order valence-electron chi connectivity index (χ1n) is 8.14. The molecule has 1 N–H and O–H groups in total. The molecule has 0 aliphatic rings. The van der Waals surface area contributed by atoms with Crippen LogP contribution in [0.2, 0.25) is 0 Å². The monoisotopic (exact) mass is 253 g/mol. The molecule has 108 valence electrons. The van der Waals surface area contributed by atoms with E-state index in [-0.39, 0.29) is 0 Å². The topological polar surface area (TPSA) is 12.0 Å². The third-order valence-corrected chi connectivity index (χ3v) is 3.62. The van der Waals surface area contributed by atoms with Gasteiger partial charge in [0.05, 0.1) is 0 Å². The maximum atomic E-state index is 4.15. The van der Waals surface area contributed by atoms with Crippen molar-refractivity contribution in [3.05, 3.63) is 12.2 Å². The summed E-state index contributed by atoms with van der Waals surface area (Å²) in [5.74, 6) is 0. The number of rotatable bonds is 13. The summed E-state index contributed by atoms with van der Waals surface area (Å²) in [6, 6.07) is 0.670. The van der Waals surface area contributed by atoms with Gasteiger partial charge < -0.3 is 5.32 Å². The van der Waals surface area contributed by atoms with Gasteiger partial charge >= 0.3 is 0 Å². The van der Waals surface area contributed by atoms with Gasteiger partial charge in [0, 0.05) is 6.04 Å². The Morgan fingerprint density at radius 2 is 1.61 bits per heavy atom. The summed E-state index contributed by atoms with van der Waals surface area (Å²) in [7, 11) is 0. The second-order valence-corrected chi connectivity index (χ2v) is 5.52. The van der Waals surface area contributed by atoms with Crippen LogP contribution in [0.5, 0.6) is 0 Å². The lowest BCUT2D eigenvalue weighted by molar-refractivity contribution is 0.447. The standard InChI is InChI=1S/C17H35N/c1-5-8-9-10-11-12-13-17(18-14-6-2)15-16(4)7-3/h17-18H,4-15H2,1-3H3. The number of nitrogens with one attached hydrogen (secondary N) is 1. The molecule has 1 nitrogen and oxygen atoms in total. The van der Waals surface area contributed by atoms with E-state index >= 15 is 0 Å². The second-order valence-electron chi connectivity index (χ2n) is 5.52. The zero-order valence-corrected chi connectivity index (χ0v) is 13.1. The van der Waals surface area contributed by atoms with E-state index in [2.05, 4.69) is 32.7 Å². The lowest BCUT2D eigenvalue weighted by atomic mass is 9.99. The maximum absolute atomic E-state index is 4.15. The molecule has 0 heterocycles. The zero-order chi connectivity index (χ0) is 13.6. The fourth-order valence-corrected chi connectivity index (χ4v) is 2.29. The molecule has 0 saturated heterocycles. The van der Waals surface area contributed by atoms with Crippen LogP contribution in [0.3, 0.4) is 0 Å². The predicted octanol–water partition coefficient (Wildman–Crippen LogP) is 5.46. The third-order valence-electron chi connectivity index (χ3n) is 3.62. The molecule has 0 aromatic rings. The van der Waals surface area contributed by atoms with Gasteiger partial charge in [-0.15, -0.1) is 0 Å². The van der Waals surface area contributed by atoms with E-state index in [9.17, 15) is 0 Å². The summed E-state index contributed by atoms with van der Waals surface area (Å²) in [6.45, 7) is 12.0. The molecule has 1 heteroatoms. The van der Waals surface area contributed by atoms with Crippen LogP contribution >= 0.6 is 0 Å². The number of unbranched alkanes of at least 4 members (excludes halogenated alkanes) is 5. The van der Waals surface area contributed by atoms with Crippen molar-refractivity contribution in [2.24, 2.45) is 0 Å². The molecule has 0 radical (unpaired) electrons. The van der Waals surface area contributed by atoms with Crippen LogP contribution in [0.25, 0.3) is 0 Å². The number of hydrogen-bond acceptors (Lipinski definition) is 1. The van der Waals surface area contributed by atoms with Crippen LogP contribution in [0, 0.1) is 0 Å². The first-order valence-corrected chi connectivity index (χ1v) is 8.14. The fraction of sp³-hybridized carbons (Fsp3) is 0.882. The second kappa shape index (κ2) is 13.1. The Morgan fingerprint density at radius 1 is 0.944 bits per heavy atom. The summed E-state index contributed by atoms with van der Waals surface area (Å²) in [5, 5.41) is 3.68. The normalized spacial score (nSPS) is 12.6. The van der Waals surface area contributed by atoms with Crippen molar-refractivity contribution in [2.75, 3.05) is 6.54 Å². The van der Waals surface area contributed by atoms with Crippen molar-refractivity contribution in [3.8, 4) is 0 Å². The van der Waals surface area contributed by atoms with E-state index in [4.69, 9.17) is 0 Å². The minimum absolute atomic E-state index is 0.670. The fourth-order valence-electron chi connectivity index (χ4n) is 2.29. The minimum atomic E-state index is 0.670. The average molecular weight is 253 g/mol. The Bertz CT molecular complexity index is 186. The summed E-state index contributed by atoms with van der Waals surface area (Å²) >= 11 is 0. The maximum Gasteiger partial charge on any atom is 0.0104 e. The lowest BCUT2D eigenvalue weighted by Gasteiger charge is -2.19. The van der Waals surface area contributed by atoms with E-state index < -0.39 is 0 Å². The van der Waals surface area contributed by atoms with Gasteiger partial charge in [0.15, 0.2) is 0 Å². The van der Waals surface area contributed by atoms with Crippen molar-refractivity contribution in [1.82, 2.24) is 5.32 Å². The molecular formula is C17H35N. The molecule has 0 bridgehead atoms. The highest BCUT2D eigenvalue weighted by molar-refractivity contribution is 4.96. The van der Waals surface area contributed by atoms with Crippen LogP contribution in [0.4, 0.5) is 0 Å². The average Bonchev–Trinajstić information content (AvgIpc) is 2.39. The highest BCUT2D eigenvalue weighted by atomic mass is 14.9. The minimum Gasteiger partial charge on any atom is -0.314 e. The Hall–Kier alpha value is -0.300. The molecule has 18 heavy (non-hydrogen) atoms. The van der Waals surface area contributed by atoms with Crippen LogP contribution in [-0.4, -0.2) is 12.6 Å². The largest absolute Gasteiger partial charge is 0.314 e. The van der Waals surface area contributed by atoms with E-state index in [1.54, 1.807) is 0 Å². The van der Waals surface area contributed by atoms with Crippen molar-refractivity contribution < 1.29 is 0 Å². The highest BCUT2D eigenvalue weighted by Crippen LogP contribution is 2.14. The molecule has 1 unspecified atom stereocenters. The van der Waals surface area contributed by atoms with Crippen LogP contribution in [0.1, 0.15) is 85.0 Å². The van der Waals surface area contributed by atoms with Crippen molar-refractivity contribution in [3.63, 3.8) is 0 Å². The summed E-state index contributed by atoms with van der Waals surface area (Å²) in [5.41, 5.74) is 1.40. The molecule has 0 aromatic carbocycles. The highest BCUT2D eigenvalue weighted by Gasteiger charge is 2.08. The van der Waals surface area contributed by atoms with Gasteiger partial charge in [0.2, 0.25) is 0 Å². The SMILES string of the molecule is C=C(CC)CC(CCCCCCCC)NCCC. The van der Waals surface area contributed by atoms with Crippen LogP contribution in [-0.2, 0) is 0 Å². The summed E-state index contributed by atoms with van der Waals surface area (Å²) < 4.78 is 0. The van der Waals surface area contributed by atoms with Gasteiger partial charge in [-0.25, -0.2) is 0 Å². The van der Waals surface area contributed by atoms with Gasteiger partial charge in [-0.1, -0.05) is 71.4 Å². The first-order chi connectivity index (χ1) is 8.74. The lowest BCUT2D eigenvalue weighted by Crippen LogP contribution is -2.30. The smallest absolute Gasteiger partial charge is 0.0104 e. The summed E-state index contributed by atoms with van der Waals surface area (Å²) in [4.78, 5) is 0. The Balaban J connectivity index is 3.68. The van der Waals surface area contributed by atoms with Gasteiger partial charge in [-0.3, -0.25) is 0 Å². The Kier molecular flexibility index (Phi) is 12.9. The molecule has 0 aliphatic heterocycles. The molecule has 0 aromatic heterocycles. The van der Waals surface area contributed by atoms with Crippen LogP contribution < -0.4 is 5.32 Å². The number of hydrogen-bond donors (Lipinski definition) is 1. The third kappa shape index (κ3) is 10.8. The van der Waals surface area contributed by atoms with E-state index in [1.165, 1.54) is 63.4 Å². The molecule has 0 rings (SSSR count). The Labute approximate surface area is 115 Å². The first kappa shape index (κ1) is 17.7. The molecule has 0 amide bonds. The summed E-state index contributed by atoms with van der Waals surface area (Å²) in [6.07, 6.45) is 13.2. The molecule has 0 spiro atoms. The zero-order valence-electron chi connectivity index (χ0n) is 13.1. The van der Waals surface area contributed by atoms with E-state index in [1.807, 2.05) is 0 Å². The molecular weight excluding hydrogens is 218 g/mol. The molecule has 1 atom stereocenters. The van der Waals surface area contributed by atoms with Crippen molar-refractivity contribution in [1.29, 1.82) is 0 Å². The van der Waals surface area contributed by atoms with Gasteiger partial charge in [0.25, 0.3) is 0 Å².